The third-order valence-corrected chi connectivity index (χ3v) is 2.32. The lowest BCUT2D eigenvalue weighted by Crippen LogP contribution is -2.17. The Hall–Kier alpha value is -1.42. The van der Waals surface area contributed by atoms with Crippen molar-refractivity contribution in [3.05, 3.63) is 29.3 Å². The van der Waals surface area contributed by atoms with E-state index in [4.69, 9.17) is 22.7 Å². The maximum absolute atomic E-state index is 11.5. The van der Waals surface area contributed by atoms with Crippen LogP contribution in [0.25, 0.3) is 0 Å². The van der Waals surface area contributed by atoms with Gasteiger partial charge >= 0.3 is 0 Å². The first-order valence-electron chi connectivity index (χ1n) is 5.09. The van der Waals surface area contributed by atoms with Crippen molar-refractivity contribution in [2.75, 3.05) is 6.61 Å². The molecule has 0 amide bonds. The number of Topliss-reactive ketones (excluding diaryl/α,β-unsaturated/α-hetero) is 1. The van der Waals surface area contributed by atoms with E-state index in [1.165, 1.54) is 0 Å². The molecule has 4 heteroatoms. The van der Waals surface area contributed by atoms with Crippen molar-refractivity contribution in [3.8, 4) is 5.75 Å². The molecular formula is C12H15NO2S. The van der Waals surface area contributed by atoms with Gasteiger partial charge in [-0.15, -0.1) is 0 Å². The fourth-order valence-corrected chi connectivity index (χ4v) is 1.44. The van der Waals surface area contributed by atoms with Crippen LogP contribution in [-0.4, -0.2) is 17.4 Å². The van der Waals surface area contributed by atoms with E-state index in [0.717, 1.165) is 11.1 Å². The maximum atomic E-state index is 11.5. The van der Waals surface area contributed by atoms with E-state index in [2.05, 4.69) is 0 Å². The van der Waals surface area contributed by atoms with Crippen molar-refractivity contribution in [1.29, 1.82) is 0 Å². The molecule has 0 saturated heterocycles. The molecule has 86 valence electrons. The minimum absolute atomic E-state index is 0.137. The number of hydrogen-bond donors (Lipinski definition) is 1. The summed E-state index contributed by atoms with van der Waals surface area (Å²) in [6.45, 7) is 3.95. The zero-order chi connectivity index (χ0) is 12.1. The highest BCUT2D eigenvalue weighted by atomic mass is 32.1. The molecule has 0 saturated carbocycles. The second-order valence-corrected chi connectivity index (χ2v) is 4.03. The first-order valence-corrected chi connectivity index (χ1v) is 5.50. The topological polar surface area (TPSA) is 52.3 Å². The molecule has 3 nitrogen and oxygen atoms in total. The molecule has 0 unspecified atom stereocenters. The van der Waals surface area contributed by atoms with E-state index in [1.807, 2.05) is 19.9 Å². The zero-order valence-electron chi connectivity index (χ0n) is 9.45. The normalized spacial score (nSPS) is 9.88. The van der Waals surface area contributed by atoms with Crippen molar-refractivity contribution < 1.29 is 9.53 Å². The number of thiocarbonyl (C=S) groups is 1. The Labute approximate surface area is 101 Å². The molecule has 0 aromatic heterocycles. The Kier molecular flexibility index (Phi) is 4.43. The summed E-state index contributed by atoms with van der Waals surface area (Å²) in [4.78, 5) is 11.8. The predicted octanol–water partition coefficient (Wildman–Crippen LogP) is 2.25. The second kappa shape index (κ2) is 5.61. The quantitative estimate of drug-likeness (QED) is 0.630. The lowest BCUT2D eigenvalue weighted by molar-refractivity contribution is 0.0987. The number of rotatable bonds is 5. The Balaban J connectivity index is 2.82. The molecule has 0 aliphatic rings. The molecule has 16 heavy (non-hydrogen) atoms. The van der Waals surface area contributed by atoms with Gasteiger partial charge in [0.1, 0.15) is 17.3 Å². The largest absolute Gasteiger partial charge is 0.486 e. The minimum atomic E-state index is 0.137. The van der Waals surface area contributed by atoms with Crippen LogP contribution >= 0.6 is 12.2 Å². The summed E-state index contributed by atoms with van der Waals surface area (Å²) in [7, 11) is 0. The van der Waals surface area contributed by atoms with Crippen molar-refractivity contribution in [2.45, 2.75) is 20.3 Å². The Morgan fingerprint density at radius 2 is 2.19 bits per heavy atom. The second-order valence-electron chi connectivity index (χ2n) is 3.51. The minimum Gasteiger partial charge on any atom is -0.486 e. The lowest BCUT2D eigenvalue weighted by atomic mass is 10.0. The van der Waals surface area contributed by atoms with E-state index >= 15 is 0 Å². The smallest absolute Gasteiger partial charge is 0.162 e. The van der Waals surface area contributed by atoms with Crippen LogP contribution in [0.4, 0.5) is 0 Å². The van der Waals surface area contributed by atoms with Gasteiger partial charge in [0.2, 0.25) is 0 Å². The van der Waals surface area contributed by atoms with Crippen LogP contribution in [0, 0.1) is 6.92 Å². The third-order valence-electron chi connectivity index (χ3n) is 2.20. The average Bonchev–Trinajstić information content (AvgIpc) is 2.25. The van der Waals surface area contributed by atoms with Crippen LogP contribution in [0.1, 0.15) is 29.3 Å². The van der Waals surface area contributed by atoms with Gasteiger partial charge in [-0.3, -0.25) is 4.79 Å². The maximum Gasteiger partial charge on any atom is 0.162 e. The molecule has 1 aromatic rings. The summed E-state index contributed by atoms with van der Waals surface area (Å²) in [6.07, 6.45) is 0.508. The van der Waals surface area contributed by atoms with Crippen molar-refractivity contribution in [3.63, 3.8) is 0 Å². The fraction of sp³-hybridized carbons (Fsp3) is 0.333. The molecule has 0 spiro atoms. The molecule has 2 N–H and O–H groups in total. The van der Waals surface area contributed by atoms with Gasteiger partial charge < -0.3 is 10.5 Å². The molecule has 0 heterocycles. The lowest BCUT2D eigenvalue weighted by Gasteiger charge is -2.08. The predicted molar refractivity (Wildman–Crippen MR) is 68.1 cm³/mol. The summed E-state index contributed by atoms with van der Waals surface area (Å²) >= 11 is 4.71. The molecule has 0 atom stereocenters. The van der Waals surface area contributed by atoms with E-state index in [9.17, 15) is 4.79 Å². The number of carbonyl (C=O) groups excluding carboxylic acids is 1. The van der Waals surface area contributed by atoms with Crippen LogP contribution in [0.3, 0.4) is 0 Å². The van der Waals surface area contributed by atoms with Gasteiger partial charge in [0.05, 0.1) is 0 Å². The molecule has 0 aliphatic carbocycles. The summed E-state index contributed by atoms with van der Waals surface area (Å²) in [5.74, 6) is 0.816. The van der Waals surface area contributed by atoms with Gasteiger partial charge in [0, 0.05) is 12.0 Å². The van der Waals surface area contributed by atoms with Crippen molar-refractivity contribution in [1.82, 2.24) is 0 Å². The average molecular weight is 237 g/mol. The van der Waals surface area contributed by atoms with Gasteiger partial charge in [0.15, 0.2) is 5.78 Å². The molecule has 0 aliphatic heterocycles. The third kappa shape index (κ3) is 3.31. The van der Waals surface area contributed by atoms with Crippen LogP contribution in [-0.2, 0) is 0 Å². The van der Waals surface area contributed by atoms with Gasteiger partial charge in [0.25, 0.3) is 0 Å². The first kappa shape index (κ1) is 12.6. The van der Waals surface area contributed by atoms with Crippen LogP contribution in [0.5, 0.6) is 5.75 Å². The number of hydrogen-bond acceptors (Lipinski definition) is 3. The van der Waals surface area contributed by atoms with Gasteiger partial charge in [-0.25, -0.2) is 0 Å². The van der Waals surface area contributed by atoms with E-state index in [0.29, 0.717) is 17.2 Å². The fourth-order valence-electron chi connectivity index (χ4n) is 1.38. The molecule has 1 aromatic carbocycles. The summed E-state index contributed by atoms with van der Waals surface area (Å²) in [6, 6.07) is 5.35. The summed E-state index contributed by atoms with van der Waals surface area (Å²) < 4.78 is 5.34. The van der Waals surface area contributed by atoms with Crippen molar-refractivity contribution >= 4 is 23.0 Å². The molecule has 0 bridgehead atoms. The van der Waals surface area contributed by atoms with Crippen LogP contribution in [0.15, 0.2) is 18.2 Å². The molecule has 1 rings (SSSR count). The standard InChI is InChI=1S/C12H15NO2S/c1-3-11(14)10-5-4-9(6-8(10)2)15-7-12(13)16/h4-6H,3,7H2,1-2H3,(H2,13,16). The number of aryl methyl sites for hydroxylation is 1. The monoisotopic (exact) mass is 237 g/mol. The van der Waals surface area contributed by atoms with Crippen LogP contribution in [0.2, 0.25) is 0 Å². The molecule has 0 fully saturated rings. The highest BCUT2D eigenvalue weighted by Crippen LogP contribution is 2.18. The molecule has 0 radical (unpaired) electrons. The molecular weight excluding hydrogens is 222 g/mol. The first-order chi connectivity index (χ1) is 7.54. The Morgan fingerprint density at radius 3 is 2.69 bits per heavy atom. The van der Waals surface area contributed by atoms with Crippen LogP contribution < -0.4 is 10.5 Å². The van der Waals surface area contributed by atoms with E-state index < -0.39 is 0 Å². The number of ether oxygens (including phenoxy) is 1. The Morgan fingerprint density at radius 1 is 1.50 bits per heavy atom. The summed E-state index contributed by atoms with van der Waals surface area (Å²) in [5, 5.41) is 0. The van der Waals surface area contributed by atoms with Gasteiger partial charge in [-0.2, -0.15) is 0 Å². The van der Waals surface area contributed by atoms with Crippen molar-refractivity contribution in [2.24, 2.45) is 5.73 Å². The van der Waals surface area contributed by atoms with E-state index in [-0.39, 0.29) is 12.4 Å². The summed E-state index contributed by atoms with van der Waals surface area (Å²) in [5.41, 5.74) is 6.98. The number of carbonyl (C=O) groups is 1. The highest BCUT2D eigenvalue weighted by Gasteiger charge is 2.07. The Bertz CT molecular complexity index is 415. The zero-order valence-corrected chi connectivity index (χ0v) is 10.3. The number of benzene rings is 1. The van der Waals surface area contributed by atoms with E-state index in [1.54, 1.807) is 12.1 Å². The number of nitrogens with two attached hydrogens (primary N) is 1. The van der Waals surface area contributed by atoms with Gasteiger partial charge in [-0.1, -0.05) is 19.1 Å². The highest BCUT2D eigenvalue weighted by molar-refractivity contribution is 7.80. The SMILES string of the molecule is CCC(=O)c1ccc(OCC(N)=S)cc1C. The van der Waals surface area contributed by atoms with Gasteiger partial charge in [-0.05, 0) is 30.7 Å². The number of ketones is 1.